The minimum Gasteiger partial charge on any atom is -0.481 e. The number of hydrogen-bond donors (Lipinski definition) is 3. The number of aliphatic hydroxyl groups is 2. The van der Waals surface area contributed by atoms with Crippen molar-refractivity contribution in [2.24, 2.45) is 17.8 Å². The topological polar surface area (TPSA) is 124 Å². The number of fused-ring (bicyclic) bond motifs is 1. The fourth-order valence-corrected chi connectivity index (χ4v) is 7.01. The highest BCUT2D eigenvalue weighted by Gasteiger charge is 2.70. The molecule has 9 nitrogen and oxygen atoms in total. The monoisotopic (exact) mass is 516 g/mol. The standard InChI is InChI=1S/C27H48O9/c1-12-17(28)26(10)22-27(11,36-24(7,8)35-22)19(34-26)14(2)13-25(9,31)20-15(3)18(16(4)21(29)30)32-23(5,6)33-20/h14-20,22,28,31H,12-13H2,1-11H3,(H,29,30)/t14-,15+,16-,17-,18+,19+,20-,22-,25-,26-,27+/m1/s1. The quantitative estimate of drug-likeness (QED) is 0.445. The van der Waals surface area contributed by atoms with Crippen LogP contribution in [-0.4, -0.2) is 80.2 Å². The lowest BCUT2D eigenvalue weighted by molar-refractivity contribution is -0.351. The fraction of sp³-hybridized carbons (Fsp3) is 0.963. The van der Waals surface area contributed by atoms with Crippen LogP contribution in [0.4, 0.5) is 0 Å². The van der Waals surface area contributed by atoms with Crippen LogP contribution in [0.5, 0.6) is 0 Å². The lowest BCUT2D eigenvalue weighted by Gasteiger charge is -2.51. The molecule has 0 unspecified atom stereocenters. The van der Waals surface area contributed by atoms with Crippen LogP contribution in [0, 0.1) is 17.8 Å². The average molecular weight is 517 g/mol. The van der Waals surface area contributed by atoms with Crippen LogP contribution < -0.4 is 0 Å². The van der Waals surface area contributed by atoms with E-state index in [0.717, 1.165) is 0 Å². The fourth-order valence-electron chi connectivity index (χ4n) is 7.01. The molecule has 0 aliphatic carbocycles. The van der Waals surface area contributed by atoms with Gasteiger partial charge in [0.25, 0.3) is 0 Å². The van der Waals surface area contributed by atoms with Crippen molar-refractivity contribution in [1.82, 2.24) is 0 Å². The van der Waals surface area contributed by atoms with Gasteiger partial charge in [0.15, 0.2) is 11.6 Å². The highest BCUT2D eigenvalue weighted by atomic mass is 16.8. The van der Waals surface area contributed by atoms with Crippen LogP contribution in [0.2, 0.25) is 0 Å². The van der Waals surface area contributed by atoms with E-state index in [1.54, 1.807) is 27.7 Å². The summed E-state index contributed by atoms with van der Waals surface area (Å²) in [6, 6.07) is 0. The zero-order valence-corrected chi connectivity index (χ0v) is 23.8. The zero-order chi connectivity index (χ0) is 27.6. The molecule has 210 valence electrons. The Bertz CT molecular complexity index is 826. The first-order valence-electron chi connectivity index (χ1n) is 13.3. The molecule has 3 N–H and O–H groups in total. The maximum absolute atomic E-state index is 11.8. The second-order valence-corrected chi connectivity index (χ2v) is 12.9. The molecule has 3 saturated heterocycles. The number of aliphatic hydroxyl groups excluding tert-OH is 1. The Morgan fingerprint density at radius 1 is 1.00 bits per heavy atom. The molecule has 3 heterocycles. The minimum absolute atomic E-state index is 0.215. The van der Waals surface area contributed by atoms with E-state index in [-0.39, 0.29) is 11.8 Å². The van der Waals surface area contributed by atoms with Crippen molar-refractivity contribution in [3.05, 3.63) is 0 Å². The highest BCUT2D eigenvalue weighted by Crippen LogP contribution is 2.55. The summed E-state index contributed by atoms with van der Waals surface area (Å²) in [5.41, 5.74) is -3.15. The number of carboxylic acids is 1. The van der Waals surface area contributed by atoms with Crippen molar-refractivity contribution in [1.29, 1.82) is 0 Å². The van der Waals surface area contributed by atoms with E-state index in [2.05, 4.69) is 0 Å². The second-order valence-electron chi connectivity index (χ2n) is 12.9. The number of hydrogen-bond acceptors (Lipinski definition) is 8. The summed E-state index contributed by atoms with van der Waals surface area (Å²) in [4.78, 5) is 11.8. The van der Waals surface area contributed by atoms with Gasteiger partial charge in [-0.15, -0.1) is 0 Å². The van der Waals surface area contributed by atoms with Crippen LogP contribution in [0.1, 0.15) is 89.0 Å². The van der Waals surface area contributed by atoms with Crippen molar-refractivity contribution in [3.63, 3.8) is 0 Å². The SMILES string of the molecule is CC[C@@H](O)[C@@]1(C)O[C@@H]([C@H](C)C[C@@](C)(O)[C@@H]2OC(C)(C)O[C@H]([C@@H](C)C(=O)O)[C@@H]2C)[C@]2(C)OC(C)(C)O[C@H]12. The van der Waals surface area contributed by atoms with E-state index < -0.39 is 70.8 Å². The maximum atomic E-state index is 11.8. The van der Waals surface area contributed by atoms with Gasteiger partial charge in [0, 0.05) is 5.92 Å². The van der Waals surface area contributed by atoms with Gasteiger partial charge >= 0.3 is 5.97 Å². The Balaban J connectivity index is 1.89. The van der Waals surface area contributed by atoms with Crippen molar-refractivity contribution in [3.8, 4) is 0 Å². The number of rotatable bonds is 8. The van der Waals surface area contributed by atoms with Crippen molar-refractivity contribution in [2.75, 3.05) is 0 Å². The van der Waals surface area contributed by atoms with Crippen LogP contribution >= 0.6 is 0 Å². The summed E-state index contributed by atoms with van der Waals surface area (Å²) >= 11 is 0. The van der Waals surface area contributed by atoms with Gasteiger partial charge in [-0.2, -0.15) is 0 Å². The van der Waals surface area contributed by atoms with E-state index >= 15 is 0 Å². The Labute approximate surface area is 215 Å². The zero-order valence-electron chi connectivity index (χ0n) is 23.8. The molecule has 3 aliphatic heterocycles. The lowest BCUT2D eigenvalue weighted by Crippen LogP contribution is -2.61. The van der Waals surface area contributed by atoms with Crippen molar-refractivity contribution < 1.29 is 43.8 Å². The molecule has 11 atom stereocenters. The molecule has 3 aliphatic rings. The summed E-state index contributed by atoms with van der Waals surface area (Å²) in [6.45, 7) is 20.1. The Morgan fingerprint density at radius 3 is 2.11 bits per heavy atom. The average Bonchev–Trinajstić information content (AvgIpc) is 3.12. The largest absolute Gasteiger partial charge is 0.481 e. The molecule has 0 bridgehead atoms. The summed E-state index contributed by atoms with van der Waals surface area (Å²) in [7, 11) is 0. The van der Waals surface area contributed by atoms with Crippen LogP contribution in [0.15, 0.2) is 0 Å². The molecule has 0 radical (unpaired) electrons. The van der Waals surface area contributed by atoms with E-state index in [0.29, 0.717) is 12.8 Å². The van der Waals surface area contributed by atoms with Crippen LogP contribution in [0.25, 0.3) is 0 Å². The van der Waals surface area contributed by atoms with Gasteiger partial charge in [0.05, 0.1) is 35.9 Å². The van der Waals surface area contributed by atoms with Gasteiger partial charge in [-0.1, -0.05) is 20.8 Å². The smallest absolute Gasteiger partial charge is 0.308 e. The van der Waals surface area contributed by atoms with Gasteiger partial charge in [-0.05, 0) is 74.1 Å². The van der Waals surface area contributed by atoms with Gasteiger partial charge in [-0.3, -0.25) is 4.79 Å². The molecule has 0 aromatic carbocycles. The number of carboxylic acid groups (broad SMARTS) is 1. The van der Waals surface area contributed by atoms with E-state index in [1.165, 1.54) is 0 Å². The predicted molar refractivity (Wildman–Crippen MR) is 132 cm³/mol. The molecule has 36 heavy (non-hydrogen) atoms. The lowest BCUT2D eigenvalue weighted by atomic mass is 9.74. The number of aliphatic carboxylic acids is 1. The van der Waals surface area contributed by atoms with Gasteiger partial charge in [0.2, 0.25) is 0 Å². The molecular formula is C27H48O9. The molecular weight excluding hydrogens is 468 g/mol. The first-order chi connectivity index (χ1) is 16.2. The van der Waals surface area contributed by atoms with Crippen molar-refractivity contribution in [2.45, 2.75) is 148 Å². The predicted octanol–water partition coefficient (Wildman–Crippen LogP) is 3.48. The van der Waals surface area contributed by atoms with E-state index in [4.69, 9.17) is 23.7 Å². The first-order valence-corrected chi connectivity index (χ1v) is 13.3. The maximum Gasteiger partial charge on any atom is 0.308 e. The number of ether oxygens (including phenoxy) is 5. The highest BCUT2D eigenvalue weighted by molar-refractivity contribution is 5.70. The minimum atomic E-state index is -1.33. The Kier molecular flexibility index (Phi) is 7.79. The van der Waals surface area contributed by atoms with Crippen LogP contribution in [-0.2, 0) is 28.5 Å². The molecule has 0 aromatic heterocycles. The number of carbonyl (C=O) groups is 1. The molecule has 0 saturated carbocycles. The third-order valence-electron chi connectivity index (χ3n) is 8.48. The van der Waals surface area contributed by atoms with E-state index in [9.17, 15) is 20.1 Å². The third kappa shape index (κ3) is 5.09. The third-order valence-corrected chi connectivity index (χ3v) is 8.48. The van der Waals surface area contributed by atoms with Gasteiger partial charge < -0.3 is 39.0 Å². The molecule has 3 rings (SSSR count). The Hall–Kier alpha value is -0.810. The van der Waals surface area contributed by atoms with Crippen LogP contribution in [0.3, 0.4) is 0 Å². The molecule has 9 heteroatoms. The van der Waals surface area contributed by atoms with Gasteiger partial charge in [0.1, 0.15) is 17.3 Å². The van der Waals surface area contributed by atoms with Gasteiger partial charge in [-0.25, -0.2) is 0 Å². The molecule has 0 aromatic rings. The summed E-state index contributed by atoms with van der Waals surface area (Å²) in [6.07, 6.45) is -2.24. The second kappa shape index (κ2) is 9.43. The van der Waals surface area contributed by atoms with Crippen molar-refractivity contribution >= 4 is 5.97 Å². The summed E-state index contributed by atoms with van der Waals surface area (Å²) in [5.74, 6) is -4.22. The molecule has 3 fully saturated rings. The summed E-state index contributed by atoms with van der Waals surface area (Å²) in [5, 5.41) is 32.4. The normalized spacial score (nSPS) is 43.9. The first kappa shape index (κ1) is 29.7. The molecule has 0 spiro atoms. The molecule has 0 amide bonds. The Morgan fingerprint density at radius 2 is 1.58 bits per heavy atom. The summed E-state index contributed by atoms with van der Waals surface area (Å²) < 4.78 is 31.5. The van der Waals surface area contributed by atoms with E-state index in [1.807, 2.05) is 48.5 Å².